The number of urea groups is 1. The van der Waals surface area contributed by atoms with Crippen LogP contribution in [-0.4, -0.2) is 55.9 Å². The van der Waals surface area contributed by atoms with E-state index in [1.165, 1.54) is 7.11 Å². The van der Waals surface area contributed by atoms with Gasteiger partial charge in [-0.1, -0.05) is 0 Å². The summed E-state index contributed by atoms with van der Waals surface area (Å²) in [5.74, 6) is -1.26. The van der Waals surface area contributed by atoms with Crippen LogP contribution in [-0.2, 0) is 14.3 Å². The van der Waals surface area contributed by atoms with Crippen molar-refractivity contribution in [3.05, 3.63) is 0 Å². The first-order valence-corrected chi connectivity index (χ1v) is 6.54. The monoisotopic (exact) mass is 289 g/mol. The summed E-state index contributed by atoms with van der Waals surface area (Å²) in [7, 11) is 1.53. The van der Waals surface area contributed by atoms with Gasteiger partial charge in [-0.15, -0.1) is 0 Å². The zero-order valence-corrected chi connectivity index (χ0v) is 11.9. The Morgan fingerprint density at radius 1 is 1.25 bits per heavy atom. The average Bonchev–Trinajstić information content (AvgIpc) is 2.38. The van der Waals surface area contributed by atoms with Crippen LogP contribution in [0.3, 0.4) is 0 Å². The molecule has 1 unspecified atom stereocenters. The second kappa shape index (κ2) is 11.0. The van der Waals surface area contributed by atoms with E-state index in [2.05, 4.69) is 16.0 Å². The predicted octanol–water partition coefficient (Wildman–Crippen LogP) is -0.308. The van der Waals surface area contributed by atoms with Crippen LogP contribution in [0.15, 0.2) is 0 Å². The van der Waals surface area contributed by atoms with Crippen molar-refractivity contribution in [1.29, 1.82) is 0 Å². The molecular weight excluding hydrogens is 266 g/mol. The van der Waals surface area contributed by atoms with Gasteiger partial charge in [0.05, 0.1) is 0 Å². The lowest BCUT2D eigenvalue weighted by molar-refractivity contribution is -0.139. The van der Waals surface area contributed by atoms with Crippen molar-refractivity contribution in [3.63, 3.8) is 0 Å². The number of carbonyl (C=O) groups is 3. The Hall–Kier alpha value is -1.83. The first-order chi connectivity index (χ1) is 9.51. The topological polar surface area (TPSA) is 117 Å². The number of hydrogen-bond donors (Lipinski definition) is 4. The highest BCUT2D eigenvalue weighted by Crippen LogP contribution is 1.98. The molecule has 0 fully saturated rings. The summed E-state index contributed by atoms with van der Waals surface area (Å²) in [5, 5.41) is 16.3. The number of rotatable bonds is 10. The Labute approximate surface area is 118 Å². The van der Waals surface area contributed by atoms with E-state index in [4.69, 9.17) is 9.84 Å². The quantitative estimate of drug-likeness (QED) is 0.412. The maximum Gasteiger partial charge on any atom is 0.326 e. The van der Waals surface area contributed by atoms with Crippen molar-refractivity contribution in [2.45, 2.75) is 32.2 Å². The van der Waals surface area contributed by atoms with Crippen LogP contribution in [0.2, 0.25) is 0 Å². The first-order valence-electron chi connectivity index (χ1n) is 6.54. The van der Waals surface area contributed by atoms with Crippen molar-refractivity contribution >= 4 is 17.9 Å². The van der Waals surface area contributed by atoms with Gasteiger partial charge >= 0.3 is 12.0 Å². The summed E-state index contributed by atoms with van der Waals surface area (Å²) >= 11 is 0. The molecule has 0 rings (SSSR count). The molecule has 20 heavy (non-hydrogen) atoms. The van der Waals surface area contributed by atoms with Crippen molar-refractivity contribution in [1.82, 2.24) is 16.0 Å². The van der Waals surface area contributed by atoms with Gasteiger partial charge in [0, 0.05) is 33.2 Å². The number of ether oxygens (including phenoxy) is 1. The number of aliphatic carboxylic acids is 1. The average molecular weight is 289 g/mol. The highest BCUT2D eigenvalue weighted by atomic mass is 16.5. The maximum absolute atomic E-state index is 11.5. The van der Waals surface area contributed by atoms with Crippen molar-refractivity contribution in [2.24, 2.45) is 0 Å². The number of carboxylic acids is 1. The fourth-order valence-corrected chi connectivity index (χ4v) is 1.47. The van der Waals surface area contributed by atoms with Crippen LogP contribution in [0.25, 0.3) is 0 Å². The lowest BCUT2D eigenvalue weighted by atomic mass is 10.1. The van der Waals surface area contributed by atoms with Crippen molar-refractivity contribution in [2.75, 3.05) is 26.8 Å². The fourth-order valence-electron chi connectivity index (χ4n) is 1.47. The molecule has 0 saturated carbocycles. The Bertz CT molecular complexity index is 322. The number of nitrogens with one attached hydrogen (secondary N) is 3. The van der Waals surface area contributed by atoms with E-state index in [1.807, 2.05) is 0 Å². The molecule has 0 aromatic carbocycles. The molecule has 0 bridgehead atoms. The zero-order chi connectivity index (χ0) is 15.4. The maximum atomic E-state index is 11.5. The number of methoxy groups -OCH3 is 1. The molecule has 0 aliphatic carbocycles. The molecule has 0 saturated heterocycles. The van der Waals surface area contributed by atoms with Crippen molar-refractivity contribution in [3.8, 4) is 0 Å². The van der Waals surface area contributed by atoms with Gasteiger partial charge in [-0.3, -0.25) is 4.79 Å². The summed E-state index contributed by atoms with van der Waals surface area (Å²) in [6.07, 6.45) is 0.974. The minimum absolute atomic E-state index is 0.155. The third-order valence-electron chi connectivity index (χ3n) is 2.46. The molecule has 0 heterocycles. The number of carbonyl (C=O) groups excluding carboxylic acids is 2. The second-order valence-corrected chi connectivity index (χ2v) is 4.13. The summed E-state index contributed by atoms with van der Waals surface area (Å²) < 4.78 is 4.83. The van der Waals surface area contributed by atoms with Gasteiger partial charge in [-0.2, -0.15) is 0 Å². The summed E-state index contributed by atoms with van der Waals surface area (Å²) in [6.45, 7) is 2.92. The molecule has 1 atom stereocenters. The first kappa shape index (κ1) is 18.2. The molecule has 0 radical (unpaired) electrons. The summed E-state index contributed by atoms with van der Waals surface area (Å²) in [5.41, 5.74) is 0. The van der Waals surface area contributed by atoms with E-state index in [0.717, 1.165) is 0 Å². The molecule has 0 aliphatic rings. The van der Waals surface area contributed by atoms with Crippen LogP contribution >= 0.6 is 0 Å². The molecule has 8 nitrogen and oxygen atoms in total. The fraction of sp³-hybridized carbons (Fsp3) is 0.750. The van der Waals surface area contributed by atoms with Gasteiger partial charge in [-0.05, 0) is 19.8 Å². The van der Waals surface area contributed by atoms with Gasteiger partial charge in [0.2, 0.25) is 5.91 Å². The minimum Gasteiger partial charge on any atom is -0.480 e. The van der Waals surface area contributed by atoms with Gasteiger partial charge in [0.1, 0.15) is 6.04 Å². The predicted molar refractivity (Wildman–Crippen MR) is 72.4 cm³/mol. The normalized spacial score (nSPS) is 11.5. The van der Waals surface area contributed by atoms with Gasteiger partial charge in [-0.25, -0.2) is 9.59 Å². The Balaban J connectivity index is 3.94. The zero-order valence-electron chi connectivity index (χ0n) is 11.9. The van der Waals surface area contributed by atoms with Crippen LogP contribution in [0.4, 0.5) is 4.79 Å². The Morgan fingerprint density at radius 3 is 2.50 bits per heavy atom. The van der Waals surface area contributed by atoms with E-state index in [-0.39, 0.29) is 25.3 Å². The number of carboxylic acid groups (broad SMARTS) is 1. The molecule has 4 N–H and O–H groups in total. The van der Waals surface area contributed by atoms with Crippen molar-refractivity contribution < 1.29 is 24.2 Å². The molecule has 0 aliphatic heterocycles. The smallest absolute Gasteiger partial charge is 0.326 e. The van der Waals surface area contributed by atoms with Gasteiger partial charge in [0.15, 0.2) is 0 Å². The van der Waals surface area contributed by atoms with Crippen LogP contribution in [0, 0.1) is 0 Å². The number of amides is 3. The minimum atomic E-state index is -1.10. The Kier molecular flexibility index (Phi) is 10.0. The second-order valence-electron chi connectivity index (χ2n) is 4.13. The van der Waals surface area contributed by atoms with E-state index in [1.54, 1.807) is 6.92 Å². The van der Waals surface area contributed by atoms with Gasteiger partial charge < -0.3 is 25.8 Å². The summed E-state index contributed by atoms with van der Waals surface area (Å²) in [6, 6.07) is -1.56. The SMILES string of the molecule is CCNC(=O)CCNC(=O)NC(CCCOC)C(=O)O. The molecule has 0 aromatic rings. The Morgan fingerprint density at radius 2 is 1.95 bits per heavy atom. The standard InChI is InChI=1S/C12H23N3O5/c1-3-13-10(16)6-7-14-12(19)15-9(11(17)18)5-4-8-20-2/h9H,3-8H2,1-2H3,(H,13,16)(H,17,18)(H2,14,15,19). The van der Waals surface area contributed by atoms with Gasteiger partial charge in [0.25, 0.3) is 0 Å². The third-order valence-corrected chi connectivity index (χ3v) is 2.46. The number of hydrogen-bond acceptors (Lipinski definition) is 4. The van der Waals surface area contributed by atoms with Crippen LogP contribution in [0.5, 0.6) is 0 Å². The summed E-state index contributed by atoms with van der Waals surface area (Å²) in [4.78, 5) is 33.6. The molecular formula is C12H23N3O5. The molecule has 8 heteroatoms. The van der Waals surface area contributed by atoms with E-state index in [9.17, 15) is 14.4 Å². The molecule has 0 aromatic heterocycles. The highest BCUT2D eigenvalue weighted by molar-refractivity contribution is 5.83. The highest BCUT2D eigenvalue weighted by Gasteiger charge is 2.19. The van der Waals surface area contributed by atoms with Crippen LogP contribution in [0.1, 0.15) is 26.2 Å². The molecule has 3 amide bonds. The largest absolute Gasteiger partial charge is 0.480 e. The van der Waals surface area contributed by atoms with Crippen LogP contribution < -0.4 is 16.0 Å². The lowest BCUT2D eigenvalue weighted by Crippen LogP contribution is -2.46. The lowest BCUT2D eigenvalue weighted by Gasteiger charge is -2.14. The third kappa shape index (κ3) is 9.15. The molecule has 116 valence electrons. The van der Waals surface area contributed by atoms with E-state index >= 15 is 0 Å². The van der Waals surface area contributed by atoms with E-state index < -0.39 is 18.0 Å². The van der Waals surface area contributed by atoms with E-state index in [0.29, 0.717) is 19.6 Å². The molecule has 0 spiro atoms.